The molecule has 2 heterocycles. The molecule has 0 N–H and O–H groups in total. The van der Waals surface area contributed by atoms with E-state index in [4.69, 9.17) is 0 Å². The first-order valence-electron chi connectivity index (χ1n) is 12.3. The van der Waals surface area contributed by atoms with E-state index >= 15 is 0 Å². The molecule has 2 nitrogen and oxygen atoms in total. The fourth-order valence-corrected chi connectivity index (χ4v) is 4.82. The van der Waals surface area contributed by atoms with Gasteiger partial charge in [-0.1, -0.05) is 73.3 Å². The number of rotatable bonds is 4. The molecule has 2 heteroatoms. The minimum absolute atomic E-state index is 1.03. The third-order valence-corrected chi connectivity index (χ3v) is 6.38. The predicted octanol–water partition coefficient (Wildman–Crippen LogP) is 9.51. The average Bonchev–Trinajstić information content (AvgIpc) is 3.48. The van der Waals surface area contributed by atoms with Crippen molar-refractivity contribution in [2.75, 3.05) is 0 Å². The Balaban J connectivity index is 0.000000848. The summed E-state index contributed by atoms with van der Waals surface area (Å²) in [7, 11) is 0. The van der Waals surface area contributed by atoms with Crippen molar-refractivity contribution in [1.29, 1.82) is 0 Å². The van der Waals surface area contributed by atoms with E-state index in [1.54, 1.807) is 6.08 Å². The lowest BCUT2D eigenvalue weighted by atomic mass is 10.0. The highest BCUT2D eigenvalue weighted by atomic mass is 15.0. The molecule has 0 unspecified atom stereocenters. The van der Waals surface area contributed by atoms with Crippen LogP contribution in [0.2, 0.25) is 0 Å². The fourth-order valence-electron chi connectivity index (χ4n) is 4.82. The molecule has 4 aromatic carbocycles. The Bertz CT molecular complexity index is 1730. The third-order valence-electron chi connectivity index (χ3n) is 6.38. The highest BCUT2D eigenvalue weighted by Crippen LogP contribution is 2.35. The van der Waals surface area contributed by atoms with Gasteiger partial charge >= 0.3 is 0 Å². The van der Waals surface area contributed by atoms with Gasteiger partial charge in [-0.15, -0.1) is 6.58 Å². The van der Waals surface area contributed by atoms with Crippen molar-refractivity contribution in [2.45, 2.75) is 13.8 Å². The second-order valence-electron chi connectivity index (χ2n) is 8.78. The lowest BCUT2D eigenvalue weighted by Crippen LogP contribution is -1.96. The van der Waals surface area contributed by atoms with Crippen LogP contribution in [0.1, 0.15) is 19.4 Å². The Morgan fingerprint density at radius 3 is 2.19 bits per heavy atom. The molecule has 0 aliphatic heterocycles. The summed E-state index contributed by atoms with van der Waals surface area (Å²) in [5, 5.41) is 3.72. The molecule has 0 saturated carbocycles. The van der Waals surface area contributed by atoms with E-state index in [1.807, 2.05) is 19.9 Å². The fraction of sp³-hybridized carbons (Fsp3) is 0.0588. The van der Waals surface area contributed by atoms with Crippen LogP contribution in [0.25, 0.3) is 49.7 Å². The maximum absolute atomic E-state index is 4.24. The normalized spacial score (nSPS) is 11.2. The highest BCUT2D eigenvalue weighted by Gasteiger charge is 2.14. The number of nitrogens with zero attached hydrogens (tertiary/aromatic N) is 2. The van der Waals surface area contributed by atoms with E-state index < -0.39 is 0 Å². The number of hydrogen-bond donors (Lipinski definition) is 0. The molecule has 6 aromatic rings. The standard InChI is InChI=1S/C31H24N2.C3H6/c1-3-9-22(2)24-15-17-30-28(20-24)27-12-7-8-13-29(27)33(30)26-16-14-23-18-19-32(31(23)21-26)25-10-5-4-6-11-25;1-3-2/h3-21H,2H2,1H3;3H,1H2,2H3/b9-3+;. The molecule has 6 rings (SSSR count). The van der Waals surface area contributed by atoms with Crippen molar-refractivity contribution < 1.29 is 0 Å². The maximum atomic E-state index is 4.24. The maximum Gasteiger partial charge on any atom is 0.0549 e. The van der Waals surface area contributed by atoms with Crippen LogP contribution < -0.4 is 0 Å². The zero-order valence-corrected chi connectivity index (χ0v) is 20.9. The number of para-hydroxylation sites is 2. The topological polar surface area (TPSA) is 9.86 Å². The summed E-state index contributed by atoms with van der Waals surface area (Å²) in [5.41, 5.74) is 8.10. The van der Waals surface area contributed by atoms with Crippen LogP contribution in [-0.2, 0) is 0 Å². The monoisotopic (exact) mass is 466 g/mol. The van der Waals surface area contributed by atoms with Crippen LogP contribution in [-0.4, -0.2) is 9.13 Å². The minimum Gasteiger partial charge on any atom is -0.316 e. The number of hydrogen-bond acceptors (Lipinski definition) is 0. The van der Waals surface area contributed by atoms with Gasteiger partial charge in [-0.25, -0.2) is 0 Å². The molecule has 0 saturated heterocycles. The molecule has 0 atom stereocenters. The molecular weight excluding hydrogens is 436 g/mol. The number of allylic oxidation sites excluding steroid dienone is 4. The SMILES string of the molecule is C=C(/C=C/C)c1ccc2c(c1)c1ccccc1n2-c1ccc2ccn(-c3ccccc3)c2c1.C=CC. The van der Waals surface area contributed by atoms with E-state index in [0.29, 0.717) is 0 Å². The van der Waals surface area contributed by atoms with Gasteiger partial charge in [0.2, 0.25) is 0 Å². The largest absolute Gasteiger partial charge is 0.316 e. The zero-order valence-electron chi connectivity index (χ0n) is 20.9. The van der Waals surface area contributed by atoms with E-state index in [-0.39, 0.29) is 0 Å². The average molecular weight is 467 g/mol. The number of benzene rings is 4. The Hall–Kier alpha value is -4.56. The molecule has 0 aliphatic rings. The van der Waals surface area contributed by atoms with Gasteiger partial charge in [-0.3, -0.25) is 0 Å². The van der Waals surface area contributed by atoms with Gasteiger partial charge in [-0.05, 0) is 73.5 Å². The van der Waals surface area contributed by atoms with E-state index in [2.05, 4.69) is 132 Å². The Labute approximate surface area is 212 Å². The molecule has 0 amide bonds. The van der Waals surface area contributed by atoms with Gasteiger partial charge < -0.3 is 9.13 Å². The smallest absolute Gasteiger partial charge is 0.0549 e. The first kappa shape index (κ1) is 23.2. The Kier molecular flexibility index (Phi) is 6.42. The van der Waals surface area contributed by atoms with Crippen LogP contribution in [0.3, 0.4) is 0 Å². The van der Waals surface area contributed by atoms with E-state index in [0.717, 1.165) is 16.8 Å². The van der Waals surface area contributed by atoms with Gasteiger partial charge in [0.15, 0.2) is 0 Å². The van der Waals surface area contributed by atoms with Crippen LogP contribution >= 0.6 is 0 Å². The quantitative estimate of drug-likeness (QED) is 0.181. The van der Waals surface area contributed by atoms with Crippen molar-refractivity contribution in [3.8, 4) is 11.4 Å². The molecule has 0 radical (unpaired) electrons. The van der Waals surface area contributed by atoms with E-state index in [1.165, 1.54) is 38.4 Å². The molecule has 0 bridgehead atoms. The van der Waals surface area contributed by atoms with Crippen LogP contribution in [0.5, 0.6) is 0 Å². The summed E-state index contributed by atoms with van der Waals surface area (Å²) in [5.74, 6) is 0. The lowest BCUT2D eigenvalue weighted by Gasteiger charge is -2.11. The predicted molar refractivity (Wildman–Crippen MR) is 157 cm³/mol. The molecule has 0 aliphatic carbocycles. The first-order chi connectivity index (χ1) is 17.7. The van der Waals surface area contributed by atoms with Crippen LogP contribution in [0.15, 0.2) is 135 Å². The van der Waals surface area contributed by atoms with Gasteiger partial charge in [0.25, 0.3) is 0 Å². The molecule has 176 valence electrons. The third kappa shape index (κ3) is 4.08. The summed E-state index contributed by atoms with van der Waals surface area (Å²) in [6.45, 7) is 11.5. The van der Waals surface area contributed by atoms with Crippen molar-refractivity contribution in [1.82, 2.24) is 9.13 Å². The second kappa shape index (κ2) is 9.97. The highest BCUT2D eigenvalue weighted by molar-refractivity contribution is 6.10. The van der Waals surface area contributed by atoms with Crippen molar-refractivity contribution >= 4 is 38.3 Å². The molecule has 2 aromatic heterocycles. The Morgan fingerprint density at radius 2 is 1.42 bits per heavy atom. The number of fused-ring (bicyclic) bond motifs is 4. The lowest BCUT2D eigenvalue weighted by molar-refractivity contribution is 1.12. The van der Waals surface area contributed by atoms with Crippen LogP contribution in [0.4, 0.5) is 0 Å². The van der Waals surface area contributed by atoms with Gasteiger partial charge in [-0.2, -0.15) is 0 Å². The molecule has 36 heavy (non-hydrogen) atoms. The number of aromatic nitrogens is 2. The van der Waals surface area contributed by atoms with Crippen molar-refractivity contribution in [3.05, 3.63) is 140 Å². The second-order valence-corrected chi connectivity index (χ2v) is 8.78. The molecule has 0 fully saturated rings. The summed E-state index contributed by atoms with van der Waals surface area (Å²) in [6, 6.07) is 34.7. The zero-order chi connectivity index (χ0) is 25.1. The minimum atomic E-state index is 1.03. The van der Waals surface area contributed by atoms with Crippen molar-refractivity contribution in [2.24, 2.45) is 0 Å². The molecular formula is C34H30N2. The summed E-state index contributed by atoms with van der Waals surface area (Å²) in [6.07, 6.45) is 7.99. The van der Waals surface area contributed by atoms with Crippen LogP contribution in [0, 0.1) is 0 Å². The summed E-state index contributed by atoms with van der Waals surface area (Å²) >= 11 is 0. The molecule has 0 spiro atoms. The summed E-state index contributed by atoms with van der Waals surface area (Å²) in [4.78, 5) is 0. The van der Waals surface area contributed by atoms with Gasteiger partial charge in [0, 0.05) is 33.7 Å². The first-order valence-corrected chi connectivity index (χ1v) is 12.3. The van der Waals surface area contributed by atoms with E-state index in [9.17, 15) is 0 Å². The Morgan fingerprint density at radius 1 is 0.694 bits per heavy atom. The van der Waals surface area contributed by atoms with Gasteiger partial charge in [0.05, 0.1) is 16.6 Å². The van der Waals surface area contributed by atoms with Gasteiger partial charge in [0.1, 0.15) is 0 Å². The van der Waals surface area contributed by atoms with Crippen molar-refractivity contribution in [3.63, 3.8) is 0 Å². The summed E-state index contributed by atoms with van der Waals surface area (Å²) < 4.78 is 4.63.